The van der Waals surface area contributed by atoms with Gasteiger partial charge in [0.15, 0.2) is 0 Å². The molecule has 0 aromatic carbocycles. The van der Waals surface area contributed by atoms with Gasteiger partial charge in [0.05, 0.1) is 5.69 Å². The highest BCUT2D eigenvalue weighted by Gasteiger charge is 2.40. The van der Waals surface area contributed by atoms with Crippen LogP contribution in [0.1, 0.15) is 20.8 Å². The van der Waals surface area contributed by atoms with Crippen LogP contribution in [-0.4, -0.2) is 22.5 Å². The molecular weight excluding hydrogens is 246 g/mol. The van der Waals surface area contributed by atoms with Gasteiger partial charge in [0.1, 0.15) is 6.04 Å². The average molecular weight is 263 g/mol. The van der Waals surface area contributed by atoms with Gasteiger partial charge in [-0.05, 0) is 18.9 Å². The summed E-state index contributed by atoms with van der Waals surface area (Å²) in [5.74, 6) is -0.250. The van der Waals surface area contributed by atoms with Crippen molar-refractivity contribution in [2.45, 2.75) is 33.4 Å². The summed E-state index contributed by atoms with van der Waals surface area (Å²) in [5, 5.41) is 2.65. The fourth-order valence-corrected chi connectivity index (χ4v) is 2.09. The predicted molar refractivity (Wildman–Crippen MR) is 71.0 cm³/mol. The molecule has 1 aliphatic rings. The number of aryl methyl sites for hydroxylation is 1. The summed E-state index contributed by atoms with van der Waals surface area (Å²) in [7, 11) is 0. The molecule has 2 rings (SSSR count). The highest BCUT2D eigenvalue weighted by Crippen LogP contribution is 2.21. The van der Waals surface area contributed by atoms with Gasteiger partial charge in [0.25, 0.3) is 11.5 Å². The number of aromatic nitrogens is 1. The molecule has 1 aliphatic heterocycles. The zero-order chi connectivity index (χ0) is 14.2. The fourth-order valence-electron chi connectivity index (χ4n) is 2.09. The molecular formula is C13H17N3O3. The SMILES string of the molecule is CCn1cc(N2C(=O)N[C@@H](C(C)C)C2=O)ccc1=O. The van der Waals surface area contributed by atoms with Crippen LogP contribution in [0.4, 0.5) is 10.5 Å². The molecule has 3 amide bonds. The molecule has 1 aromatic heterocycles. The van der Waals surface area contributed by atoms with Crippen LogP contribution >= 0.6 is 0 Å². The summed E-state index contributed by atoms with van der Waals surface area (Å²) < 4.78 is 1.46. The van der Waals surface area contributed by atoms with Gasteiger partial charge in [-0.1, -0.05) is 13.8 Å². The van der Waals surface area contributed by atoms with Gasteiger partial charge in [-0.2, -0.15) is 0 Å². The van der Waals surface area contributed by atoms with Crippen LogP contribution in [-0.2, 0) is 11.3 Å². The number of carbonyl (C=O) groups excluding carboxylic acids is 2. The topological polar surface area (TPSA) is 71.4 Å². The second kappa shape index (κ2) is 4.87. The van der Waals surface area contributed by atoms with Crippen LogP contribution in [0, 0.1) is 5.92 Å². The largest absolute Gasteiger partial charge is 0.329 e. The lowest BCUT2D eigenvalue weighted by Gasteiger charge is -2.15. The van der Waals surface area contributed by atoms with E-state index in [4.69, 9.17) is 0 Å². The second-order valence-corrected chi connectivity index (χ2v) is 4.86. The van der Waals surface area contributed by atoms with Crippen LogP contribution in [0.2, 0.25) is 0 Å². The molecule has 6 heteroatoms. The van der Waals surface area contributed by atoms with Crippen molar-refractivity contribution in [3.8, 4) is 0 Å². The summed E-state index contributed by atoms with van der Waals surface area (Å²) in [6, 6.07) is 1.91. The summed E-state index contributed by atoms with van der Waals surface area (Å²) >= 11 is 0. The molecule has 102 valence electrons. The van der Waals surface area contributed by atoms with Gasteiger partial charge in [0.2, 0.25) is 0 Å². The summed E-state index contributed by atoms with van der Waals surface area (Å²) in [4.78, 5) is 36.7. The minimum atomic E-state index is -0.505. The lowest BCUT2D eigenvalue weighted by Crippen LogP contribution is -2.35. The van der Waals surface area contributed by atoms with Gasteiger partial charge in [-0.25, -0.2) is 9.69 Å². The molecule has 2 heterocycles. The first kappa shape index (κ1) is 13.3. The summed E-state index contributed by atoms with van der Waals surface area (Å²) in [5.41, 5.74) is 0.269. The normalized spacial score (nSPS) is 19.2. The van der Waals surface area contributed by atoms with Gasteiger partial charge >= 0.3 is 6.03 Å². The molecule has 1 saturated heterocycles. The zero-order valence-corrected chi connectivity index (χ0v) is 11.2. The molecule has 1 aromatic rings. The van der Waals surface area contributed by atoms with E-state index in [-0.39, 0.29) is 17.4 Å². The van der Waals surface area contributed by atoms with Crippen LogP contribution < -0.4 is 15.8 Å². The molecule has 19 heavy (non-hydrogen) atoms. The Morgan fingerprint density at radius 3 is 2.47 bits per heavy atom. The molecule has 6 nitrogen and oxygen atoms in total. The van der Waals surface area contributed by atoms with Crippen molar-refractivity contribution in [1.82, 2.24) is 9.88 Å². The first-order valence-corrected chi connectivity index (χ1v) is 6.30. The predicted octanol–water partition coefficient (Wildman–Crippen LogP) is 0.949. The minimum absolute atomic E-state index is 0.0264. The number of carbonyl (C=O) groups is 2. The number of rotatable bonds is 3. The molecule has 0 saturated carbocycles. The molecule has 1 fully saturated rings. The quantitative estimate of drug-likeness (QED) is 0.825. The van der Waals surface area contributed by atoms with E-state index in [1.54, 1.807) is 0 Å². The monoisotopic (exact) mass is 263 g/mol. The zero-order valence-electron chi connectivity index (χ0n) is 11.2. The van der Waals surface area contributed by atoms with E-state index in [1.807, 2.05) is 20.8 Å². The van der Waals surface area contributed by atoms with Crippen LogP contribution in [0.3, 0.4) is 0 Å². The summed E-state index contributed by atoms with van der Waals surface area (Å²) in [6.45, 7) is 6.07. The fraction of sp³-hybridized carbons (Fsp3) is 0.462. The van der Waals surface area contributed by atoms with E-state index in [0.29, 0.717) is 12.2 Å². The van der Waals surface area contributed by atoms with Crippen molar-refractivity contribution in [2.75, 3.05) is 4.90 Å². The Morgan fingerprint density at radius 1 is 1.26 bits per heavy atom. The van der Waals surface area contributed by atoms with E-state index in [1.165, 1.54) is 22.9 Å². The van der Waals surface area contributed by atoms with Crippen LogP contribution in [0.5, 0.6) is 0 Å². The Hall–Kier alpha value is -2.11. The van der Waals surface area contributed by atoms with Crippen LogP contribution in [0.15, 0.2) is 23.1 Å². The number of hydrogen-bond acceptors (Lipinski definition) is 3. The number of pyridine rings is 1. The van der Waals surface area contributed by atoms with Crippen LogP contribution in [0.25, 0.3) is 0 Å². The lowest BCUT2D eigenvalue weighted by molar-refractivity contribution is -0.119. The van der Waals surface area contributed by atoms with Gasteiger partial charge in [-0.15, -0.1) is 0 Å². The number of urea groups is 1. The van der Waals surface area contributed by atoms with Crippen molar-refractivity contribution < 1.29 is 9.59 Å². The maximum Gasteiger partial charge on any atom is 0.329 e. The Morgan fingerprint density at radius 2 is 1.95 bits per heavy atom. The van der Waals surface area contributed by atoms with E-state index in [9.17, 15) is 14.4 Å². The van der Waals surface area contributed by atoms with E-state index < -0.39 is 12.1 Å². The molecule has 0 radical (unpaired) electrons. The highest BCUT2D eigenvalue weighted by atomic mass is 16.2. The molecule has 0 unspecified atom stereocenters. The minimum Gasteiger partial charge on any atom is -0.325 e. The lowest BCUT2D eigenvalue weighted by atomic mass is 10.1. The maximum absolute atomic E-state index is 12.2. The summed E-state index contributed by atoms with van der Waals surface area (Å²) in [6.07, 6.45) is 1.53. The Labute approximate surface area is 111 Å². The van der Waals surface area contributed by atoms with Crippen molar-refractivity contribution in [3.05, 3.63) is 28.7 Å². The standard InChI is InChI=1S/C13H17N3O3/c1-4-15-7-9(5-6-10(15)17)16-12(18)11(8(2)3)14-13(16)19/h5-8,11H,4H2,1-3H3,(H,14,19)/t11-/m0/s1. The number of amides is 3. The molecule has 1 atom stereocenters. The van der Waals surface area contributed by atoms with Crippen molar-refractivity contribution in [3.63, 3.8) is 0 Å². The van der Waals surface area contributed by atoms with Crippen molar-refractivity contribution >= 4 is 17.6 Å². The number of nitrogens with one attached hydrogen (secondary N) is 1. The van der Waals surface area contributed by atoms with Gasteiger partial charge < -0.3 is 9.88 Å². The number of nitrogens with zero attached hydrogens (tertiary/aromatic N) is 2. The Balaban J connectivity index is 2.39. The molecule has 0 bridgehead atoms. The average Bonchev–Trinajstić information content (AvgIpc) is 2.66. The third-order valence-electron chi connectivity index (χ3n) is 3.20. The third-order valence-corrected chi connectivity index (χ3v) is 3.20. The molecule has 0 aliphatic carbocycles. The smallest absolute Gasteiger partial charge is 0.325 e. The first-order chi connectivity index (χ1) is 8.95. The van der Waals surface area contributed by atoms with E-state index in [2.05, 4.69) is 5.32 Å². The van der Waals surface area contributed by atoms with E-state index >= 15 is 0 Å². The van der Waals surface area contributed by atoms with Gasteiger partial charge in [-0.3, -0.25) is 9.59 Å². The number of hydrogen-bond donors (Lipinski definition) is 1. The second-order valence-electron chi connectivity index (χ2n) is 4.86. The number of imide groups is 1. The van der Waals surface area contributed by atoms with E-state index in [0.717, 1.165) is 4.90 Å². The third kappa shape index (κ3) is 2.25. The van der Waals surface area contributed by atoms with Crippen molar-refractivity contribution in [2.24, 2.45) is 5.92 Å². The maximum atomic E-state index is 12.2. The van der Waals surface area contributed by atoms with Crippen molar-refractivity contribution in [1.29, 1.82) is 0 Å². The first-order valence-electron chi connectivity index (χ1n) is 6.30. The molecule has 0 spiro atoms. The molecule has 1 N–H and O–H groups in total. The number of anilines is 1. The highest BCUT2D eigenvalue weighted by molar-refractivity contribution is 6.21. The Kier molecular flexibility index (Phi) is 3.42. The Bertz CT molecular complexity index is 577. The van der Waals surface area contributed by atoms with Gasteiger partial charge in [0, 0.05) is 18.8 Å².